The highest BCUT2D eigenvalue weighted by molar-refractivity contribution is 5.95. The van der Waals surface area contributed by atoms with Gasteiger partial charge in [-0.25, -0.2) is 23.1 Å². The number of hydrogen-bond acceptors (Lipinski definition) is 5. The molecule has 2 atom stereocenters. The van der Waals surface area contributed by atoms with Gasteiger partial charge in [0.1, 0.15) is 18.2 Å². The average molecular weight is 351 g/mol. The molecule has 0 radical (unpaired) electrons. The molecule has 2 N–H and O–H groups in total. The number of aromatic nitrogens is 5. The largest absolute Gasteiger partial charge is 0.363 e. The number of aryl methyl sites for hydroxylation is 1. The number of likely N-dealkylation sites (N-methyl/N-ethyl adjacent to an activating group) is 1. The van der Waals surface area contributed by atoms with Crippen molar-refractivity contribution in [2.75, 3.05) is 11.9 Å². The maximum absolute atomic E-state index is 13.3. The summed E-state index contributed by atoms with van der Waals surface area (Å²) in [6.45, 7) is 0.347. The van der Waals surface area contributed by atoms with Gasteiger partial charge in [0.15, 0.2) is 0 Å². The minimum absolute atomic E-state index is 0.171. The van der Waals surface area contributed by atoms with Crippen molar-refractivity contribution in [1.82, 2.24) is 24.5 Å². The van der Waals surface area contributed by atoms with E-state index in [0.29, 0.717) is 24.5 Å². The number of primary amides is 1. The summed E-state index contributed by atoms with van der Waals surface area (Å²) in [5.41, 5.74) is 5.43. The lowest BCUT2D eigenvalue weighted by atomic mass is 10.2. The molecule has 2 aliphatic rings. The third-order valence-electron chi connectivity index (χ3n) is 4.58. The van der Waals surface area contributed by atoms with Crippen molar-refractivity contribution in [2.45, 2.75) is 37.3 Å². The first-order valence-corrected chi connectivity index (χ1v) is 7.72. The van der Waals surface area contributed by atoms with E-state index in [-0.39, 0.29) is 18.2 Å². The van der Waals surface area contributed by atoms with Crippen molar-refractivity contribution in [3.63, 3.8) is 0 Å². The molecule has 132 valence electrons. The number of hydrogen-bond donors (Lipinski definition) is 1. The summed E-state index contributed by atoms with van der Waals surface area (Å²) in [5, 5.41) is 8.17. The van der Waals surface area contributed by atoms with Gasteiger partial charge < -0.3 is 5.73 Å². The molecule has 0 unspecified atom stereocenters. The Morgan fingerprint density at radius 1 is 1.40 bits per heavy atom. The Morgan fingerprint density at radius 3 is 2.72 bits per heavy atom. The maximum atomic E-state index is 13.3. The first kappa shape index (κ1) is 15.7. The molecule has 1 aliphatic heterocycles. The molecule has 0 bridgehead atoms. The third kappa shape index (κ3) is 2.46. The van der Waals surface area contributed by atoms with Gasteiger partial charge in [0, 0.05) is 26.1 Å². The van der Waals surface area contributed by atoms with E-state index in [9.17, 15) is 18.4 Å². The van der Waals surface area contributed by atoms with Crippen LogP contribution in [0.4, 0.5) is 14.6 Å². The number of carbonyl (C=O) groups excluding carboxylic acids is 2. The number of nitrogens with two attached hydrogens (primary N) is 1. The highest BCUT2D eigenvalue weighted by Gasteiger charge is 2.59. The Hall–Kier alpha value is -2.85. The first-order chi connectivity index (χ1) is 11.8. The van der Waals surface area contributed by atoms with Crippen LogP contribution in [0.15, 0.2) is 12.4 Å². The normalized spacial score (nSPS) is 24.8. The predicted octanol–water partition coefficient (Wildman–Crippen LogP) is 0.304. The van der Waals surface area contributed by atoms with Gasteiger partial charge in [0.2, 0.25) is 5.82 Å². The average Bonchev–Trinajstić information content (AvgIpc) is 2.97. The van der Waals surface area contributed by atoms with Crippen molar-refractivity contribution in [2.24, 2.45) is 5.73 Å². The first-order valence-electron chi connectivity index (χ1n) is 7.72. The fraction of sp³-hybridized carbons (Fsp3) is 0.500. The van der Waals surface area contributed by atoms with Gasteiger partial charge in [0.05, 0.1) is 11.6 Å². The van der Waals surface area contributed by atoms with Crippen LogP contribution in [-0.2, 0) is 11.3 Å². The van der Waals surface area contributed by atoms with Crippen LogP contribution in [0.3, 0.4) is 0 Å². The highest BCUT2D eigenvalue weighted by Crippen LogP contribution is 2.55. The van der Waals surface area contributed by atoms with E-state index in [2.05, 4.69) is 15.2 Å². The van der Waals surface area contributed by atoms with Crippen molar-refractivity contribution in [1.29, 1.82) is 0 Å². The molecule has 25 heavy (non-hydrogen) atoms. The van der Waals surface area contributed by atoms with Crippen molar-refractivity contribution in [3.05, 3.63) is 23.9 Å². The summed E-state index contributed by atoms with van der Waals surface area (Å²) in [6, 6.07) is 0.847. The monoisotopic (exact) mass is 351 g/mol. The van der Waals surface area contributed by atoms with E-state index in [1.807, 2.05) is 0 Å². The van der Waals surface area contributed by atoms with E-state index in [0.717, 1.165) is 0 Å². The number of nitrogens with zero attached hydrogens (tertiary/aromatic N) is 6. The minimum Gasteiger partial charge on any atom is -0.363 e. The van der Waals surface area contributed by atoms with Gasteiger partial charge in [0.25, 0.3) is 17.7 Å². The molecule has 1 fully saturated rings. The molecule has 9 nitrogen and oxygen atoms in total. The lowest BCUT2D eigenvalue weighted by Gasteiger charge is -2.19. The fourth-order valence-corrected chi connectivity index (χ4v) is 3.05. The predicted molar refractivity (Wildman–Crippen MR) is 80.1 cm³/mol. The SMILES string of the molecule is CN1C(=O)[C@H](n2cnc(C(N)=O)n2)CCn2nc([C@H]3CC3(F)F)cc21. The standard InChI is InChI=1S/C14H15F2N7O2/c1-21-10-4-8(7-5-14(7,15)16)19-22(10)3-2-9(13(21)25)23-6-18-12(20-23)11(17)24/h4,6-7,9H,2-3,5H2,1H3,(H2,17,24)/t7-,9-/m1/s1. The number of halogens is 2. The lowest BCUT2D eigenvalue weighted by Crippen LogP contribution is -2.34. The van der Waals surface area contributed by atoms with Crippen molar-refractivity contribution >= 4 is 17.6 Å². The second kappa shape index (κ2) is 5.07. The number of alkyl halides is 2. The molecule has 11 heteroatoms. The summed E-state index contributed by atoms with van der Waals surface area (Å²) in [7, 11) is 1.55. The summed E-state index contributed by atoms with van der Waals surface area (Å²) >= 11 is 0. The van der Waals surface area contributed by atoms with Crippen LogP contribution in [0, 0.1) is 0 Å². The molecule has 0 aromatic carbocycles. The zero-order valence-electron chi connectivity index (χ0n) is 13.3. The van der Waals surface area contributed by atoms with Crippen LogP contribution in [0.5, 0.6) is 0 Å². The summed E-state index contributed by atoms with van der Waals surface area (Å²) in [4.78, 5) is 29.0. The quantitative estimate of drug-likeness (QED) is 0.855. The topological polar surface area (TPSA) is 112 Å². The molecule has 2 amide bonds. The van der Waals surface area contributed by atoms with E-state index in [1.54, 1.807) is 11.7 Å². The van der Waals surface area contributed by atoms with E-state index < -0.39 is 23.8 Å². The van der Waals surface area contributed by atoms with Crippen molar-refractivity contribution in [3.8, 4) is 0 Å². The molecule has 3 heterocycles. The van der Waals surface area contributed by atoms with Crippen LogP contribution in [0.1, 0.15) is 41.1 Å². The number of anilines is 1. The Bertz CT molecular complexity index is 874. The molecule has 1 aliphatic carbocycles. The van der Waals surface area contributed by atoms with Gasteiger partial charge in [-0.1, -0.05) is 0 Å². The Balaban J connectivity index is 1.61. The van der Waals surface area contributed by atoms with Gasteiger partial charge in [-0.05, 0) is 6.42 Å². The number of amides is 2. The van der Waals surface area contributed by atoms with Gasteiger partial charge >= 0.3 is 0 Å². The van der Waals surface area contributed by atoms with Gasteiger partial charge in [-0.15, -0.1) is 5.10 Å². The van der Waals surface area contributed by atoms with E-state index in [4.69, 9.17) is 5.73 Å². The molecule has 2 aromatic heterocycles. The van der Waals surface area contributed by atoms with Crippen LogP contribution < -0.4 is 10.6 Å². The maximum Gasteiger partial charge on any atom is 0.288 e. The smallest absolute Gasteiger partial charge is 0.288 e. The van der Waals surface area contributed by atoms with Crippen LogP contribution in [0.2, 0.25) is 0 Å². The number of rotatable bonds is 3. The Kier molecular flexibility index (Phi) is 3.18. The molecule has 2 aromatic rings. The molecule has 4 rings (SSSR count). The Labute approximate surface area is 140 Å². The van der Waals surface area contributed by atoms with E-state index in [1.165, 1.54) is 22.0 Å². The number of carbonyl (C=O) groups is 2. The second-order valence-electron chi connectivity index (χ2n) is 6.28. The second-order valence-corrected chi connectivity index (χ2v) is 6.28. The van der Waals surface area contributed by atoms with Gasteiger partial charge in [-0.2, -0.15) is 5.10 Å². The third-order valence-corrected chi connectivity index (χ3v) is 4.58. The highest BCUT2D eigenvalue weighted by atomic mass is 19.3. The summed E-state index contributed by atoms with van der Waals surface area (Å²) in [6.07, 6.45) is 1.40. The van der Waals surface area contributed by atoms with Crippen LogP contribution in [-0.4, -0.2) is 49.3 Å². The minimum atomic E-state index is -2.71. The van der Waals surface area contributed by atoms with Crippen LogP contribution >= 0.6 is 0 Å². The molecule has 0 saturated heterocycles. The Morgan fingerprint density at radius 2 is 2.12 bits per heavy atom. The lowest BCUT2D eigenvalue weighted by molar-refractivity contribution is -0.121. The van der Waals surface area contributed by atoms with Gasteiger partial charge in [-0.3, -0.25) is 14.5 Å². The molecule has 0 spiro atoms. The zero-order valence-corrected chi connectivity index (χ0v) is 13.3. The summed E-state index contributed by atoms with van der Waals surface area (Å²) in [5.74, 6) is -4.38. The zero-order chi connectivity index (χ0) is 17.9. The summed E-state index contributed by atoms with van der Waals surface area (Å²) < 4.78 is 29.4. The molecule has 1 saturated carbocycles. The van der Waals surface area contributed by atoms with Crippen molar-refractivity contribution < 1.29 is 18.4 Å². The molecular formula is C14H15F2N7O2. The van der Waals surface area contributed by atoms with E-state index >= 15 is 0 Å². The van der Waals surface area contributed by atoms with Crippen LogP contribution in [0.25, 0.3) is 0 Å². The fourth-order valence-electron chi connectivity index (χ4n) is 3.05. The molecular weight excluding hydrogens is 336 g/mol. The number of fused-ring (bicyclic) bond motifs is 1.